The summed E-state index contributed by atoms with van der Waals surface area (Å²) in [6.45, 7) is 6.72. The van der Waals surface area contributed by atoms with Crippen molar-refractivity contribution >= 4 is 0 Å². The molecular weight excluding hydrogens is 236 g/mol. The van der Waals surface area contributed by atoms with Crippen molar-refractivity contribution in [3.05, 3.63) is 29.8 Å². The van der Waals surface area contributed by atoms with Crippen LogP contribution in [-0.2, 0) is 0 Å². The minimum Gasteiger partial charge on any atom is -0.497 e. The Morgan fingerprint density at radius 1 is 1.16 bits per heavy atom. The maximum Gasteiger partial charge on any atom is 0.118 e. The van der Waals surface area contributed by atoms with Gasteiger partial charge in [0.25, 0.3) is 0 Å². The summed E-state index contributed by atoms with van der Waals surface area (Å²) in [5.74, 6) is 1.62. The predicted molar refractivity (Wildman–Crippen MR) is 79.4 cm³/mol. The minimum atomic E-state index is 0.332. The molecule has 0 radical (unpaired) electrons. The van der Waals surface area contributed by atoms with Crippen molar-refractivity contribution in [1.82, 2.24) is 4.90 Å². The van der Waals surface area contributed by atoms with E-state index in [2.05, 4.69) is 30.9 Å². The number of piperidine rings is 1. The lowest BCUT2D eigenvalue weighted by Crippen LogP contribution is -2.40. The summed E-state index contributed by atoms with van der Waals surface area (Å²) in [7, 11) is 1.71. The number of hydrogen-bond acceptors (Lipinski definition) is 3. The van der Waals surface area contributed by atoms with Crippen molar-refractivity contribution in [2.45, 2.75) is 38.8 Å². The highest BCUT2D eigenvalue weighted by molar-refractivity contribution is 5.28. The van der Waals surface area contributed by atoms with E-state index in [0.717, 1.165) is 18.8 Å². The number of nitrogens with two attached hydrogens (primary N) is 1. The maximum atomic E-state index is 6.00. The molecule has 1 heterocycles. The summed E-state index contributed by atoms with van der Waals surface area (Å²) >= 11 is 0. The monoisotopic (exact) mass is 262 g/mol. The van der Waals surface area contributed by atoms with E-state index in [1.165, 1.54) is 18.4 Å². The van der Waals surface area contributed by atoms with E-state index in [9.17, 15) is 0 Å². The Morgan fingerprint density at radius 3 is 2.21 bits per heavy atom. The van der Waals surface area contributed by atoms with Gasteiger partial charge in [-0.3, -0.25) is 4.90 Å². The maximum absolute atomic E-state index is 6.00. The van der Waals surface area contributed by atoms with Crippen LogP contribution in [0, 0.1) is 5.92 Å². The van der Waals surface area contributed by atoms with Crippen LogP contribution in [0.2, 0.25) is 0 Å². The second-order valence-corrected chi connectivity index (χ2v) is 5.68. The van der Waals surface area contributed by atoms with Crippen molar-refractivity contribution in [1.29, 1.82) is 0 Å². The highest BCUT2D eigenvalue weighted by Gasteiger charge is 2.25. The normalized spacial score (nSPS) is 21.1. The molecule has 1 aromatic carbocycles. The minimum absolute atomic E-state index is 0.332. The van der Waals surface area contributed by atoms with Gasteiger partial charge in [-0.1, -0.05) is 12.1 Å². The number of rotatable bonds is 4. The molecule has 0 bridgehead atoms. The van der Waals surface area contributed by atoms with Crippen LogP contribution in [0.15, 0.2) is 24.3 Å². The Labute approximate surface area is 116 Å². The third kappa shape index (κ3) is 3.48. The molecule has 2 rings (SSSR count). The van der Waals surface area contributed by atoms with Gasteiger partial charge in [-0.2, -0.15) is 0 Å². The topological polar surface area (TPSA) is 38.5 Å². The molecule has 19 heavy (non-hydrogen) atoms. The first-order valence-corrected chi connectivity index (χ1v) is 7.25. The average Bonchev–Trinajstić information content (AvgIpc) is 2.46. The first-order chi connectivity index (χ1) is 9.11. The van der Waals surface area contributed by atoms with E-state index in [1.807, 2.05) is 12.1 Å². The molecule has 3 heteroatoms. The van der Waals surface area contributed by atoms with Gasteiger partial charge in [0, 0.05) is 12.1 Å². The molecule has 3 nitrogen and oxygen atoms in total. The lowest BCUT2D eigenvalue weighted by atomic mass is 9.90. The zero-order valence-corrected chi connectivity index (χ0v) is 12.3. The Kier molecular flexibility index (Phi) is 4.83. The van der Waals surface area contributed by atoms with E-state index in [-0.39, 0.29) is 0 Å². The predicted octanol–water partition coefficient (Wildman–Crippen LogP) is 2.82. The van der Waals surface area contributed by atoms with Gasteiger partial charge in [0.05, 0.1) is 7.11 Å². The van der Waals surface area contributed by atoms with Crippen LogP contribution in [0.4, 0.5) is 0 Å². The molecule has 2 atom stereocenters. The molecule has 106 valence electrons. The second-order valence-electron chi connectivity index (χ2n) is 5.68. The van der Waals surface area contributed by atoms with Gasteiger partial charge in [-0.25, -0.2) is 0 Å². The summed E-state index contributed by atoms with van der Waals surface area (Å²) < 4.78 is 5.21. The summed E-state index contributed by atoms with van der Waals surface area (Å²) in [4.78, 5) is 2.56. The summed E-state index contributed by atoms with van der Waals surface area (Å²) in [5.41, 5.74) is 7.36. The fraction of sp³-hybridized carbons (Fsp3) is 0.625. The zero-order chi connectivity index (χ0) is 13.8. The molecule has 0 spiro atoms. The van der Waals surface area contributed by atoms with Crippen LogP contribution in [0.25, 0.3) is 0 Å². The number of ether oxygens (including phenoxy) is 1. The summed E-state index contributed by atoms with van der Waals surface area (Å²) in [6.07, 6.45) is 2.44. The number of nitrogens with zero attached hydrogens (tertiary/aromatic N) is 1. The Bertz CT molecular complexity index is 380. The highest BCUT2D eigenvalue weighted by atomic mass is 16.5. The molecular formula is C16H26N2O. The van der Waals surface area contributed by atoms with Crippen molar-refractivity contribution in [3.8, 4) is 5.75 Å². The molecule has 1 fully saturated rings. The zero-order valence-electron chi connectivity index (χ0n) is 12.3. The van der Waals surface area contributed by atoms with E-state index < -0.39 is 0 Å². The first-order valence-electron chi connectivity index (χ1n) is 7.25. The molecule has 0 aromatic heterocycles. The standard InChI is InChI=1S/C16H26N2O/c1-12(17)14-8-10-18(11-9-14)13(2)15-4-6-16(19-3)7-5-15/h4-7,12-14H,8-11,17H2,1-3H3. The number of benzene rings is 1. The lowest BCUT2D eigenvalue weighted by molar-refractivity contribution is 0.132. The fourth-order valence-electron chi connectivity index (χ4n) is 2.93. The number of likely N-dealkylation sites (tertiary alicyclic amines) is 1. The Balaban J connectivity index is 1.94. The van der Waals surface area contributed by atoms with Gasteiger partial charge in [0.2, 0.25) is 0 Å². The first kappa shape index (κ1) is 14.4. The van der Waals surface area contributed by atoms with Crippen LogP contribution < -0.4 is 10.5 Å². The fourth-order valence-corrected chi connectivity index (χ4v) is 2.93. The Morgan fingerprint density at radius 2 is 1.74 bits per heavy atom. The van der Waals surface area contributed by atoms with Crippen molar-refractivity contribution in [3.63, 3.8) is 0 Å². The molecule has 1 aromatic rings. The van der Waals surface area contributed by atoms with Crippen LogP contribution in [-0.4, -0.2) is 31.1 Å². The molecule has 2 N–H and O–H groups in total. The van der Waals surface area contributed by atoms with Gasteiger partial charge >= 0.3 is 0 Å². The second kappa shape index (κ2) is 6.40. The van der Waals surface area contributed by atoms with Gasteiger partial charge in [-0.05, 0) is 63.4 Å². The van der Waals surface area contributed by atoms with E-state index in [0.29, 0.717) is 18.0 Å². The third-order valence-electron chi connectivity index (χ3n) is 4.46. The lowest BCUT2D eigenvalue weighted by Gasteiger charge is -2.37. The van der Waals surface area contributed by atoms with Crippen LogP contribution >= 0.6 is 0 Å². The molecule has 0 aliphatic carbocycles. The Hall–Kier alpha value is -1.06. The van der Waals surface area contributed by atoms with Crippen LogP contribution in [0.3, 0.4) is 0 Å². The number of hydrogen-bond donors (Lipinski definition) is 1. The molecule has 1 saturated heterocycles. The largest absolute Gasteiger partial charge is 0.497 e. The van der Waals surface area contributed by atoms with Gasteiger partial charge in [0.1, 0.15) is 5.75 Å². The van der Waals surface area contributed by atoms with Crippen LogP contribution in [0.1, 0.15) is 38.3 Å². The highest BCUT2D eigenvalue weighted by Crippen LogP contribution is 2.28. The average molecular weight is 262 g/mol. The molecule has 1 aliphatic rings. The van der Waals surface area contributed by atoms with Gasteiger partial charge in [-0.15, -0.1) is 0 Å². The quantitative estimate of drug-likeness (QED) is 0.907. The molecule has 2 unspecified atom stereocenters. The summed E-state index contributed by atoms with van der Waals surface area (Å²) in [5, 5.41) is 0. The smallest absolute Gasteiger partial charge is 0.118 e. The molecule has 1 aliphatic heterocycles. The number of methoxy groups -OCH3 is 1. The van der Waals surface area contributed by atoms with E-state index in [4.69, 9.17) is 10.5 Å². The molecule has 0 saturated carbocycles. The van der Waals surface area contributed by atoms with Gasteiger partial charge < -0.3 is 10.5 Å². The van der Waals surface area contributed by atoms with Gasteiger partial charge in [0.15, 0.2) is 0 Å². The van der Waals surface area contributed by atoms with Crippen molar-refractivity contribution in [2.24, 2.45) is 11.7 Å². The van der Waals surface area contributed by atoms with E-state index in [1.54, 1.807) is 7.11 Å². The summed E-state index contributed by atoms with van der Waals surface area (Å²) in [6, 6.07) is 9.22. The van der Waals surface area contributed by atoms with Crippen molar-refractivity contribution in [2.75, 3.05) is 20.2 Å². The third-order valence-corrected chi connectivity index (χ3v) is 4.46. The molecule has 0 amide bonds. The van der Waals surface area contributed by atoms with Crippen molar-refractivity contribution < 1.29 is 4.74 Å². The van der Waals surface area contributed by atoms with Crippen LogP contribution in [0.5, 0.6) is 5.75 Å². The van der Waals surface area contributed by atoms with E-state index >= 15 is 0 Å². The SMILES string of the molecule is COc1ccc(C(C)N2CCC(C(C)N)CC2)cc1.